The van der Waals surface area contributed by atoms with Crippen molar-refractivity contribution in [2.45, 2.75) is 32.7 Å². The van der Waals surface area contributed by atoms with Crippen LogP contribution in [0.1, 0.15) is 24.9 Å². The maximum Gasteiger partial charge on any atom is 0.309 e. The number of aryl methyl sites for hydroxylation is 1. The third-order valence-corrected chi connectivity index (χ3v) is 3.23. The number of benzene rings is 1. The van der Waals surface area contributed by atoms with Crippen LogP contribution in [-0.2, 0) is 24.2 Å². The molecule has 0 atom stereocenters. The predicted octanol–water partition coefficient (Wildman–Crippen LogP) is 2.54. The van der Waals surface area contributed by atoms with Gasteiger partial charge in [0.2, 0.25) is 0 Å². The molecule has 0 unspecified atom stereocenters. The minimum absolute atomic E-state index is 0.0152. The lowest BCUT2D eigenvalue weighted by Gasteiger charge is -2.09. The van der Waals surface area contributed by atoms with Crippen molar-refractivity contribution >= 4 is 5.97 Å². The number of aromatic nitrogens is 2. The van der Waals surface area contributed by atoms with Crippen LogP contribution >= 0.6 is 0 Å². The molecule has 0 bridgehead atoms. The van der Waals surface area contributed by atoms with E-state index in [1.54, 1.807) is 6.20 Å². The Kier molecular flexibility index (Phi) is 5.37. The van der Waals surface area contributed by atoms with E-state index >= 15 is 0 Å². The van der Waals surface area contributed by atoms with E-state index in [0.29, 0.717) is 6.61 Å². The number of ether oxygens (including phenoxy) is 1. The van der Waals surface area contributed by atoms with Gasteiger partial charge in [0.15, 0.2) is 0 Å². The van der Waals surface area contributed by atoms with Crippen LogP contribution in [0, 0.1) is 0 Å². The lowest BCUT2D eigenvalue weighted by Crippen LogP contribution is -2.11. The second-order valence-corrected chi connectivity index (χ2v) is 4.75. The highest BCUT2D eigenvalue weighted by Gasteiger charge is 2.11. The average Bonchev–Trinajstić information content (AvgIpc) is 2.86. The molecule has 2 rings (SSSR count). The SMILES string of the molecule is CCn1c(CC(=O)O)cnc1CCCOc1ccccc1. The molecule has 5 heteroatoms. The topological polar surface area (TPSA) is 64.4 Å². The first kappa shape index (κ1) is 15.1. The van der Waals surface area contributed by atoms with Crippen molar-refractivity contribution in [2.24, 2.45) is 0 Å². The van der Waals surface area contributed by atoms with E-state index in [-0.39, 0.29) is 6.42 Å². The first-order chi connectivity index (χ1) is 10.2. The molecule has 5 nitrogen and oxygen atoms in total. The van der Waals surface area contributed by atoms with E-state index in [1.807, 2.05) is 41.8 Å². The Morgan fingerprint density at radius 2 is 2.10 bits per heavy atom. The number of nitrogens with zero attached hydrogens (tertiary/aromatic N) is 2. The number of para-hydroxylation sites is 1. The van der Waals surface area contributed by atoms with Gasteiger partial charge in [0.05, 0.1) is 13.0 Å². The summed E-state index contributed by atoms with van der Waals surface area (Å²) in [4.78, 5) is 15.1. The van der Waals surface area contributed by atoms with Crippen molar-refractivity contribution in [1.82, 2.24) is 9.55 Å². The Balaban J connectivity index is 1.85. The van der Waals surface area contributed by atoms with Gasteiger partial charge in [0, 0.05) is 24.9 Å². The number of carbonyl (C=O) groups is 1. The van der Waals surface area contributed by atoms with Crippen molar-refractivity contribution < 1.29 is 14.6 Å². The van der Waals surface area contributed by atoms with Gasteiger partial charge in [-0.05, 0) is 25.5 Å². The van der Waals surface area contributed by atoms with E-state index in [2.05, 4.69) is 4.98 Å². The number of rotatable bonds is 8. The lowest BCUT2D eigenvalue weighted by molar-refractivity contribution is -0.136. The molecular formula is C16H20N2O3. The number of hydrogen-bond donors (Lipinski definition) is 1. The van der Waals surface area contributed by atoms with Crippen molar-refractivity contribution in [1.29, 1.82) is 0 Å². The normalized spacial score (nSPS) is 10.5. The summed E-state index contributed by atoms with van der Waals surface area (Å²) < 4.78 is 7.61. The van der Waals surface area contributed by atoms with E-state index in [0.717, 1.165) is 36.7 Å². The van der Waals surface area contributed by atoms with Crippen molar-refractivity contribution in [3.8, 4) is 5.75 Å². The van der Waals surface area contributed by atoms with Gasteiger partial charge >= 0.3 is 5.97 Å². The summed E-state index contributed by atoms with van der Waals surface area (Å²) in [6, 6.07) is 9.69. The molecule has 112 valence electrons. The molecule has 0 amide bonds. The fourth-order valence-electron chi connectivity index (χ4n) is 2.27. The highest BCUT2D eigenvalue weighted by Crippen LogP contribution is 2.11. The number of aliphatic carboxylic acids is 1. The Bertz CT molecular complexity index is 578. The standard InChI is InChI=1S/C16H20N2O3/c1-2-18-13(11-16(19)20)12-17-15(18)9-6-10-21-14-7-4-3-5-8-14/h3-5,7-8,12H,2,6,9-11H2,1H3,(H,19,20). The zero-order valence-corrected chi connectivity index (χ0v) is 12.2. The van der Waals surface area contributed by atoms with Crippen LogP contribution in [0.15, 0.2) is 36.5 Å². The van der Waals surface area contributed by atoms with Crippen LogP contribution in [0.4, 0.5) is 0 Å². The Morgan fingerprint density at radius 1 is 1.33 bits per heavy atom. The van der Waals surface area contributed by atoms with Crippen LogP contribution in [0.5, 0.6) is 5.75 Å². The van der Waals surface area contributed by atoms with Crippen molar-refractivity contribution in [2.75, 3.05) is 6.61 Å². The summed E-state index contributed by atoms with van der Waals surface area (Å²) in [5.74, 6) is 0.955. The molecular weight excluding hydrogens is 268 g/mol. The zero-order chi connectivity index (χ0) is 15.1. The highest BCUT2D eigenvalue weighted by molar-refractivity contribution is 5.69. The molecule has 0 aliphatic carbocycles. The lowest BCUT2D eigenvalue weighted by atomic mass is 10.3. The summed E-state index contributed by atoms with van der Waals surface area (Å²) in [5.41, 5.74) is 0.754. The molecule has 0 fully saturated rings. The van der Waals surface area contributed by atoms with Gasteiger partial charge in [0.1, 0.15) is 11.6 Å². The summed E-state index contributed by atoms with van der Waals surface area (Å²) in [5, 5.41) is 8.88. The van der Waals surface area contributed by atoms with Gasteiger partial charge in [-0.3, -0.25) is 4.79 Å². The summed E-state index contributed by atoms with van der Waals surface area (Å²) in [6.07, 6.45) is 3.30. The van der Waals surface area contributed by atoms with Gasteiger partial charge < -0.3 is 14.4 Å². The number of imidazole rings is 1. The average molecular weight is 288 g/mol. The largest absolute Gasteiger partial charge is 0.494 e. The summed E-state index contributed by atoms with van der Waals surface area (Å²) in [6.45, 7) is 3.35. The first-order valence-corrected chi connectivity index (χ1v) is 7.13. The van der Waals surface area contributed by atoms with Crippen molar-refractivity contribution in [3.63, 3.8) is 0 Å². The summed E-state index contributed by atoms with van der Waals surface area (Å²) >= 11 is 0. The Hall–Kier alpha value is -2.30. The smallest absolute Gasteiger partial charge is 0.309 e. The molecule has 1 aromatic carbocycles. The molecule has 0 radical (unpaired) electrons. The maximum absolute atomic E-state index is 10.8. The molecule has 2 aromatic rings. The molecule has 0 saturated carbocycles. The van der Waals surface area contributed by atoms with Gasteiger partial charge in [-0.25, -0.2) is 4.98 Å². The zero-order valence-electron chi connectivity index (χ0n) is 12.2. The van der Waals surface area contributed by atoms with Gasteiger partial charge in [-0.1, -0.05) is 18.2 Å². The molecule has 1 heterocycles. The van der Waals surface area contributed by atoms with Crippen LogP contribution in [-0.4, -0.2) is 27.2 Å². The molecule has 0 aliphatic rings. The number of hydrogen-bond acceptors (Lipinski definition) is 3. The number of carboxylic acids is 1. The quantitative estimate of drug-likeness (QED) is 0.758. The molecule has 0 spiro atoms. The third kappa shape index (κ3) is 4.34. The molecule has 21 heavy (non-hydrogen) atoms. The van der Waals surface area contributed by atoms with Gasteiger partial charge in [0.25, 0.3) is 0 Å². The molecule has 1 aromatic heterocycles. The first-order valence-electron chi connectivity index (χ1n) is 7.13. The second kappa shape index (κ2) is 7.47. The molecule has 1 N–H and O–H groups in total. The highest BCUT2D eigenvalue weighted by atomic mass is 16.5. The maximum atomic E-state index is 10.8. The van der Waals surface area contributed by atoms with Crippen LogP contribution in [0.2, 0.25) is 0 Å². The Labute approximate surface area is 124 Å². The van der Waals surface area contributed by atoms with Crippen LogP contribution in [0.3, 0.4) is 0 Å². The van der Waals surface area contributed by atoms with Gasteiger partial charge in [-0.15, -0.1) is 0 Å². The fourth-order valence-corrected chi connectivity index (χ4v) is 2.27. The monoisotopic (exact) mass is 288 g/mol. The number of carboxylic acid groups (broad SMARTS) is 1. The minimum atomic E-state index is -0.830. The summed E-state index contributed by atoms with van der Waals surface area (Å²) in [7, 11) is 0. The van der Waals surface area contributed by atoms with Crippen LogP contribution < -0.4 is 4.74 Å². The predicted molar refractivity (Wildman–Crippen MR) is 79.5 cm³/mol. The Morgan fingerprint density at radius 3 is 2.76 bits per heavy atom. The fraction of sp³-hybridized carbons (Fsp3) is 0.375. The minimum Gasteiger partial charge on any atom is -0.494 e. The van der Waals surface area contributed by atoms with Gasteiger partial charge in [-0.2, -0.15) is 0 Å². The van der Waals surface area contributed by atoms with Crippen molar-refractivity contribution in [3.05, 3.63) is 48.0 Å². The van der Waals surface area contributed by atoms with E-state index in [1.165, 1.54) is 0 Å². The molecule has 0 saturated heterocycles. The van der Waals surface area contributed by atoms with Crippen LogP contribution in [0.25, 0.3) is 0 Å². The molecule has 0 aliphatic heterocycles. The van der Waals surface area contributed by atoms with E-state index < -0.39 is 5.97 Å². The van der Waals surface area contributed by atoms with E-state index in [4.69, 9.17) is 9.84 Å². The third-order valence-electron chi connectivity index (χ3n) is 3.23. The van der Waals surface area contributed by atoms with E-state index in [9.17, 15) is 4.79 Å². The second-order valence-electron chi connectivity index (χ2n) is 4.75.